The summed E-state index contributed by atoms with van der Waals surface area (Å²) in [6, 6.07) is 0. The number of rotatable bonds is 4. The van der Waals surface area contributed by atoms with E-state index in [2.05, 4.69) is 39.5 Å². The van der Waals surface area contributed by atoms with Gasteiger partial charge in [-0.3, -0.25) is 0 Å². The number of thioether (sulfide) groups is 1. The number of nitrogens with two attached hydrogens (primary N) is 1. The molecule has 0 amide bonds. The minimum atomic E-state index is 0.305. The van der Waals surface area contributed by atoms with Crippen LogP contribution in [-0.4, -0.2) is 16.8 Å². The van der Waals surface area contributed by atoms with Crippen molar-refractivity contribution >= 4 is 11.8 Å². The first-order valence-corrected chi connectivity index (χ1v) is 7.15. The average Bonchev–Trinajstić information content (AvgIpc) is 2.40. The lowest BCUT2D eigenvalue weighted by atomic mass is 9.96. The largest absolute Gasteiger partial charge is 0.385 e. The topological polar surface area (TPSA) is 29.3 Å². The van der Waals surface area contributed by atoms with Gasteiger partial charge in [0, 0.05) is 11.4 Å². The summed E-state index contributed by atoms with van der Waals surface area (Å²) in [7, 11) is 0. The highest BCUT2D eigenvalue weighted by Crippen LogP contribution is 2.39. The summed E-state index contributed by atoms with van der Waals surface area (Å²) >= 11 is 1.94. The van der Waals surface area contributed by atoms with Crippen molar-refractivity contribution in [3.8, 4) is 0 Å². The maximum atomic E-state index is 6.25. The number of unbranched alkanes of at least 4 members (excludes halogenated alkanes) is 1. The Labute approximate surface area is 105 Å². The molecule has 1 heterocycles. The molecule has 1 atom stereocenters. The van der Waals surface area contributed by atoms with E-state index in [1.807, 2.05) is 11.8 Å². The van der Waals surface area contributed by atoms with Crippen molar-refractivity contribution < 1.29 is 0 Å². The molecule has 94 valence electrons. The summed E-state index contributed by atoms with van der Waals surface area (Å²) in [4.78, 5) is 3.76. The molecule has 0 fully saturated rings. The van der Waals surface area contributed by atoms with Crippen LogP contribution in [0.2, 0.25) is 0 Å². The van der Waals surface area contributed by atoms with E-state index in [9.17, 15) is 0 Å². The Morgan fingerprint density at radius 1 is 1.38 bits per heavy atom. The Kier molecular flexibility index (Phi) is 4.60. The molecular formula is C13H26N2S. The van der Waals surface area contributed by atoms with Crippen molar-refractivity contribution in [1.29, 1.82) is 0 Å². The van der Waals surface area contributed by atoms with Crippen LogP contribution in [0.25, 0.3) is 0 Å². The Bertz CT molecular complexity index is 266. The fraction of sp³-hybridized carbons (Fsp3) is 0.846. The van der Waals surface area contributed by atoms with Gasteiger partial charge in [0.05, 0.1) is 5.37 Å². The molecular weight excluding hydrogens is 216 g/mol. The monoisotopic (exact) mass is 242 g/mol. The molecule has 1 aliphatic rings. The number of nitrogens with zero attached hydrogens (tertiary/aromatic N) is 1. The molecule has 16 heavy (non-hydrogen) atoms. The molecule has 0 bridgehead atoms. The number of hydrogen-bond donors (Lipinski definition) is 1. The zero-order valence-electron chi connectivity index (χ0n) is 11.3. The first kappa shape index (κ1) is 13.8. The first-order valence-electron chi connectivity index (χ1n) is 6.27. The Balaban J connectivity index is 2.67. The molecule has 0 spiro atoms. The fourth-order valence-corrected chi connectivity index (χ4v) is 3.16. The van der Waals surface area contributed by atoms with Crippen LogP contribution >= 0.6 is 11.8 Å². The van der Waals surface area contributed by atoms with Gasteiger partial charge in [0.15, 0.2) is 0 Å². The molecule has 0 aliphatic carbocycles. The zero-order chi connectivity index (χ0) is 12.3. The van der Waals surface area contributed by atoms with Crippen molar-refractivity contribution in [2.75, 3.05) is 6.54 Å². The maximum absolute atomic E-state index is 6.25. The molecule has 1 rings (SSSR count). The number of allylic oxidation sites excluding steroid dienone is 1. The van der Waals surface area contributed by atoms with Crippen molar-refractivity contribution in [2.24, 2.45) is 11.1 Å². The molecule has 0 aromatic carbocycles. The van der Waals surface area contributed by atoms with Crippen molar-refractivity contribution in [3.05, 3.63) is 10.7 Å². The Morgan fingerprint density at radius 2 is 2.00 bits per heavy atom. The quantitative estimate of drug-likeness (QED) is 0.814. The Hall–Kier alpha value is -0.310. The summed E-state index contributed by atoms with van der Waals surface area (Å²) in [6.45, 7) is 12.3. The maximum Gasteiger partial charge on any atom is 0.109 e. The van der Waals surface area contributed by atoms with Gasteiger partial charge in [-0.15, -0.1) is 11.8 Å². The van der Waals surface area contributed by atoms with Crippen LogP contribution in [0, 0.1) is 5.41 Å². The summed E-state index contributed by atoms with van der Waals surface area (Å²) < 4.78 is 0. The van der Waals surface area contributed by atoms with Gasteiger partial charge in [0.1, 0.15) is 5.82 Å². The minimum Gasteiger partial charge on any atom is -0.385 e. The van der Waals surface area contributed by atoms with Gasteiger partial charge in [-0.05, 0) is 25.2 Å². The molecule has 2 N–H and O–H groups in total. The third-order valence-electron chi connectivity index (χ3n) is 2.75. The lowest BCUT2D eigenvalue weighted by Crippen LogP contribution is -2.36. The van der Waals surface area contributed by atoms with E-state index in [1.165, 1.54) is 17.7 Å². The van der Waals surface area contributed by atoms with E-state index in [1.54, 1.807) is 0 Å². The van der Waals surface area contributed by atoms with Gasteiger partial charge in [0.2, 0.25) is 0 Å². The highest BCUT2D eigenvalue weighted by molar-refractivity contribution is 8.03. The van der Waals surface area contributed by atoms with Crippen molar-refractivity contribution in [2.45, 2.75) is 59.3 Å². The van der Waals surface area contributed by atoms with Gasteiger partial charge >= 0.3 is 0 Å². The van der Waals surface area contributed by atoms with E-state index in [4.69, 9.17) is 5.73 Å². The molecule has 2 nitrogen and oxygen atoms in total. The second-order valence-corrected chi connectivity index (χ2v) is 7.23. The molecule has 0 saturated carbocycles. The molecule has 0 aromatic rings. The first-order chi connectivity index (χ1) is 7.35. The van der Waals surface area contributed by atoms with E-state index < -0.39 is 0 Å². The van der Waals surface area contributed by atoms with Gasteiger partial charge in [-0.25, -0.2) is 0 Å². The van der Waals surface area contributed by atoms with Crippen LogP contribution in [0.4, 0.5) is 0 Å². The summed E-state index contributed by atoms with van der Waals surface area (Å²) in [5.41, 5.74) is 6.55. The molecule has 1 aliphatic heterocycles. The summed E-state index contributed by atoms with van der Waals surface area (Å²) in [5.74, 6) is 1.03. The molecule has 3 heteroatoms. The van der Waals surface area contributed by atoms with E-state index in [0.29, 0.717) is 10.8 Å². The van der Waals surface area contributed by atoms with Crippen molar-refractivity contribution in [1.82, 2.24) is 4.90 Å². The van der Waals surface area contributed by atoms with Crippen LogP contribution in [0.1, 0.15) is 53.9 Å². The molecule has 0 saturated heterocycles. The predicted octanol–water partition coefficient (Wildman–Crippen LogP) is 3.75. The highest BCUT2D eigenvalue weighted by Gasteiger charge is 2.30. The van der Waals surface area contributed by atoms with Crippen molar-refractivity contribution in [3.63, 3.8) is 0 Å². The van der Waals surface area contributed by atoms with Gasteiger partial charge < -0.3 is 10.6 Å². The van der Waals surface area contributed by atoms with E-state index in [0.717, 1.165) is 18.8 Å². The second-order valence-electron chi connectivity index (χ2n) is 5.82. The lowest BCUT2D eigenvalue weighted by Gasteiger charge is -2.31. The van der Waals surface area contributed by atoms with E-state index >= 15 is 0 Å². The highest BCUT2D eigenvalue weighted by atomic mass is 32.2. The minimum absolute atomic E-state index is 0.305. The van der Waals surface area contributed by atoms with Crippen LogP contribution in [0.5, 0.6) is 0 Å². The molecule has 0 aromatic heterocycles. The van der Waals surface area contributed by atoms with Crippen LogP contribution in [-0.2, 0) is 0 Å². The second kappa shape index (κ2) is 5.35. The SMILES string of the molecule is CCCCC1=C(N)N(CC(C)(C)C)C(C)S1. The third kappa shape index (κ3) is 3.62. The average molecular weight is 242 g/mol. The van der Waals surface area contributed by atoms with Gasteiger partial charge in [-0.1, -0.05) is 34.1 Å². The smallest absolute Gasteiger partial charge is 0.109 e. The van der Waals surface area contributed by atoms with E-state index in [-0.39, 0.29) is 0 Å². The fourth-order valence-electron chi connectivity index (χ4n) is 1.94. The standard InChI is InChI=1S/C13H26N2S/c1-6-7-8-11-12(14)15(10(2)16-11)9-13(3,4)5/h10H,6-9,14H2,1-5H3. The van der Waals surface area contributed by atoms with Gasteiger partial charge in [0.25, 0.3) is 0 Å². The summed E-state index contributed by atoms with van der Waals surface area (Å²) in [5, 5.41) is 0.506. The Morgan fingerprint density at radius 3 is 2.50 bits per heavy atom. The lowest BCUT2D eigenvalue weighted by molar-refractivity contribution is 0.231. The van der Waals surface area contributed by atoms with Crippen LogP contribution in [0.15, 0.2) is 10.7 Å². The van der Waals surface area contributed by atoms with Gasteiger partial charge in [-0.2, -0.15) is 0 Å². The normalized spacial score (nSPS) is 22.1. The summed E-state index contributed by atoms with van der Waals surface area (Å²) in [6.07, 6.45) is 3.64. The molecule has 0 radical (unpaired) electrons. The number of hydrogen-bond acceptors (Lipinski definition) is 3. The molecule has 1 unspecified atom stereocenters. The predicted molar refractivity (Wildman–Crippen MR) is 74.0 cm³/mol. The van der Waals surface area contributed by atoms with Crippen LogP contribution in [0.3, 0.4) is 0 Å². The zero-order valence-corrected chi connectivity index (χ0v) is 12.2. The van der Waals surface area contributed by atoms with Crippen LogP contribution < -0.4 is 5.73 Å². The third-order valence-corrected chi connectivity index (χ3v) is 4.04.